The van der Waals surface area contributed by atoms with Gasteiger partial charge in [0.15, 0.2) is 0 Å². The smallest absolute Gasteiger partial charge is 0.255 e. The number of aliphatic hydroxyl groups excluding tert-OH is 2. The zero-order valence-corrected chi connectivity index (χ0v) is 36.3. The average Bonchev–Trinajstić information content (AvgIpc) is 4.12. The molecule has 6 atom stereocenters. The van der Waals surface area contributed by atoms with Crippen molar-refractivity contribution in [1.29, 1.82) is 0 Å². The molecule has 0 bridgehead atoms. The molecular weight excluding hydrogens is 835 g/mol. The minimum absolute atomic E-state index is 0.176. The topological polar surface area (TPSA) is 190 Å². The van der Waals surface area contributed by atoms with Crippen molar-refractivity contribution in [1.82, 2.24) is 30.6 Å². The second-order valence-corrected chi connectivity index (χ2v) is 18.4. The number of rotatable bonds is 19. The first-order valence-corrected chi connectivity index (χ1v) is 22.6. The number of carbonyl (C=O) groups excluding carboxylic acids is 2. The summed E-state index contributed by atoms with van der Waals surface area (Å²) in [5, 5.41) is 36.1. The number of amides is 2. The van der Waals surface area contributed by atoms with Crippen LogP contribution >= 0.6 is 22.7 Å². The Hall–Kier alpha value is -5.56. The molecule has 18 heteroatoms. The lowest BCUT2D eigenvalue weighted by Gasteiger charge is -2.26. The van der Waals surface area contributed by atoms with E-state index in [0.29, 0.717) is 29.4 Å². The first kappa shape index (κ1) is 43.1. The molecule has 4 aromatic heterocycles. The first-order chi connectivity index (χ1) is 29.8. The van der Waals surface area contributed by atoms with Crippen molar-refractivity contribution in [3.8, 4) is 0 Å². The highest BCUT2D eigenvalue weighted by molar-refractivity contribution is 7.17. The Balaban J connectivity index is 1.09. The molecule has 0 spiro atoms. The third-order valence-corrected chi connectivity index (χ3v) is 12.7. The van der Waals surface area contributed by atoms with Crippen molar-refractivity contribution in [2.24, 2.45) is 11.8 Å². The highest BCUT2D eigenvalue weighted by atomic mass is 32.1. The normalized spacial score (nSPS) is 18.0. The van der Waals surface area contributed by atoms with E-state index in [1.165, 1.54) is 35.1 Å². The molecule has 2 aliphatic carbocycles. The van der Waals surface area contributed by atoms with Gasteiger partial charge >= 0.3 is 0 Å². The molecule has 2 aromatic carbocycles. The number of pyridine rings is 2. The fraction of sp³-hybridized carbons (Fsp3) is 0.409. The van der Waals surface area contributed by atoms with Crippen molar-refractivity contribution in [3.63, 3.8) is 0 Å². The van der Waals surface area contributed by atoms with Crippen molar-refractivity contribution in [3.05, 3.63) is 83.1 Å². The lowest BCUT2D eigenvalue weighted by Crippen LogP contribution is -2.39. The Labute approximate surface area is 365 Å². The van der Waals surface area contributed by atoms with Crippen LogP contribution in [-0.4, -0.2) is 97.7 Å². The van der Waals surface area contributed by atoms with Crippen molar-refractivity contribution in [2.75, 3.05) is 33.9 Å². The van der Waals surface area contributed by atoms with Crippen molar-refractivity contribution in [2.45, 2.75) is 89.6 Å². The maximum Gasteiger partial charge on any atom is 0.255 e. The van der Waals surface area contributed by atoms with Gasteiger partial charge in [-0.15, -0.1) is 22.7 Å². The third-order valence-electron chi connectivity index (χ3n) is 11.1. The van der Waals surface area contributed by atoms with Gasteiger partial charge in [-0.2, -0.15) is 0 Å². The Morgan fingerprint density at radius 3 is 1.95 bits per heavy atom. The van der Waals surface area contributed by atoms with E-state index in [1.54, 1.807) is 44.8 Å². The minimum atomic E-state index is -1.66. The standard InChI is InChI=1S/C44H50F2N10O4S2/c1-22(2)41(57)29(45)18-49-43(59)27-16-47-39(54-25-7-9-31-37(11-25)61-20-51-31)14-33(27)55-35-13-36(35)56(26-8-10-32-38(12-26)62-21-52-32)40-15-34(53-24-5-6-24)28(17-48-40)44(60)50-19-30(46)42(58)23(3)4/h7-12,14-17,20-24,29-30,35-36,41-42,57-58H,5-6,13,18-19H2,1-4H3,(H,48,53)(H,49,59)(H,50,60)(H2,47,54,55). The first-order valence-electron chi connectivity index (χ1n) is 20.8. The van der Waals surface area contributed by atoms with E-state index in [4.69, 9.17) is 4.98 Å². The molecule has 2 fully saturated rings. The van der Waals surface area contributed by atoms with Gasteiger partial charge in [-0.1, -0.05) is 27.7 Å². The molecule has 14 nitrogen and oxygen atoms in total. The van der Waals surface area contributed by atoms with Crippen molar-refractivity contribution >= 4 is 89.3 Å². The Bertz CT molecular complexity index is 2550. The van der Waals surface area contributed by atoms with Crippen LogP contribution in [0.3, 0.4) is 0 Å². The zero-order valence-electron chi connectivity index (χ0n) is 34.7. The minimum Gasteiger partial charge on any atom is -0.390 e. The fourth-order valence-corrected chi connectivity index (χ4v) is 8.61. The van der Waals surface area contributed by atoms with E-state index in [1.807, 2.05) is 42.5 Å². The molecule has 6 unspecified atom stereocenters. The van der Waals surface area contributed by atoms with Crippen LogP contribution in [0.2, 0.25) is 0 Å². The summed E-state index contributed by atoms with van der Waals surface area (Å²) in [6, 6.07) is 15.1. The largest absolute Gasteiger partial charge is 0.390 e. The summed E-state index contributed by atoms with van der Waals surface area (Å²) in [5.41, 5.74) is 8.41. The molecule has 8 rings (SSSR count). The van der Waals surface area contributed by atoms with Gasteiger partial charge in [-0.25, -0.2) is 28.7 Å². The quantitative estimate of drug-likeness (QED) is 0.0423. The van der Waals surface area contributed by atoms with E-state index in [9.17, 15) is 28.6 Å². The molecule has 62 heavy (non-hydrogen) atoms. The van der Waals surface area contributed by atoms with Gasteiger partial charge in [0.05, 0.1) is 85.3 Å². The summed E-state index contributed by atoms with van der Waals surface area (Å²) in [7, 11) is 0. The summed E-state index contributed by atoms with van der Waals surface area (Å²) in [4.78, 5) is 47.5. The molecule has 2 aliphatic rings. The predicted molar refractivity (Wildman–Crippen MR) is 242 cm³/mol. The van der Waals surface area contributed by atoms with Crippen LogP contribution in [0.25, 0.3) is 20.4 Å². The summed E-state index contributed by atoms with van der Waals surface area (Å²) in [6.07, 6.45) is -0.295. The van der Waals surface area contributed by atoms with Crippen molar-refractivity contribution < 1.29 is 28.6 Å². The lowest BCUT2D eigenvalue weighted by atomic mass is 10.0. The maximum atomic E-state index is 14.9. The molecule has 0 radical (unpaired) electrons. The number of fused-ring (bicyclic) bond motifs is 2. The third kappa shape index (κ3) is 9.88. The zero-order chi connectivity index (χ0) is 43.7. The Morgan fingerprint density at radius 1 is 0.758 bits per heavy atom. The number of aromatic nitrogens is 4. The van der Waals surface area contributed by atoms with Gasteiger partial charge in [0.2, 0.25) is 0 Å². The number of halogens is 2. The average molecular weight is 885 g/mol. The monoisotopic (exact) mass is 884 g/mol. The van der Waals surface area contributed by atoms with Gasteiger partial charge < -0.3 is 41.7 Å². The van der Waals surface area contributed by atoms with Crippen LogP contribution in [0.5, 0.6) is 0 Å². The fourth-order valence-electron chi connectivity index (χ4n) is 7.19. The SMILES string of the molecule is CC(C)C(O)C(F)CNC(=O)c1cnc(N(c2ccc3ncsc3c2)C2CC2Nc2cc(Nc3ccc4ncsc4c3)ncc2C(=O)NCC(F)C(O)C(C)C)cc1NC1CC1. The highest BCUT2D eigenvalue weighted by Crippen LogP contribution is 2.43. The van der Waals surface area contributed by atoms with Crippen LogP contribution in [0, 0.1) is 11.8 Å². The Morgan fingerprint density at radius 2 is 1.34 bits per heavy atom. The van der Waals surface area contributed by atoms with E-state index in [2.05, 4.69) is 46.4 Å². The number of nitrogens with zero attached hydrogens (tertiary/aromatic N) is 5. The van der Waals surface area contributed by atoms with Gasteiger partial charge in [0.1, 0.15) is 24.0 Å². The van der Waals surface area contributed by atoms with Crippen LogP contribution in [0.15, 0.2) is 71.9 Å². The number of nitrogens with one attached hydrogen (secondary N) is 5. The molecule has 4 heterocycles. The van der Waals surface area contributed by atoms with E-state index < -0.39 is 36.4 Å². The van der Waals surface area contributed by atoms with Crippen LogP contribution in [0.4, 0.5) is 43.2 Å². The van der Waals surface area contributed by atoms with Gasteiger partial charge in [-0.3, -0.25) is 9.59 Å². The van der Waals surface area contributed by atoms with Crippen LogP contribution in [-0.2, 0) is 0 Å². The molecule has 0 aliphatic heterocycles. The summed E-state index contributed by atoms with van der Waals surface area (Å²) in [6.45, 7) is 6.14. The maximum absolute atomic E-state index is 14.9. The highest BCUT2D eigenvalue weighted by Gasteiger charge is 2.44. The molecule has 0 saturated heterocycles. The lowest BCUT2D eigenvalue weighted by molar-refractivity contribution is 0.0405. The number of anilines is 6. The van der Waals surface area contributed by atoms with E-state index in [-0.39, 0.29) is 54.2 Å². The number of thiazole rings is 2. The van der Waals surface area contributed by atoms with Gasteiger partial charge in [-0.05, 0) is 67.5 Å². The number of hydrogen-bond acceptors (Lipinski definition) is 14. The Kier molecular flexibility index (Phi) is 12.8. The molecular formula is C44H50F2N10O4S2. The summed E-state index contributed by atoms with van der Waals surface area (Å²) in [5.74, 6) is -0.662. The van der Waals surface area contributed by atoms with Gasteiger partial charge in [0.25, 0.3) is 11.8 Å². The molecule has 7 N–H and O–H groups in total. The molecule has 326 valence electrons. The second kappa shape index (κ2) is 18.4. The van der Waals surface area contributed by atoms with E-state index >= 15 is 0 Å². The number of alkyl halides is 2. The predicted octanol–water partition coefficient (Wildman–Crippen LogP) is 7.57. The second-order valence-electron chi connectivity index (χ2n) is 16.6. The summed E-state index contributed by atoms with van der Waals surface area (Å²) >= 11 is 3.03. The molecule has 2 saturated carbocycles. The number of benzene rings is 2. The van der Waals surface area contributed by atoms with Gasteiger partial charge in [0, 0.05) is 48.0 Å². The summed E-state index contributed by atoms with van der Waals surface area (Å²) < 4.78 is 31.6. The number of aliphatic hydroxyl groups is 2. The number of carbonyl (C=O) groups is 2. The molecule has 6 aromatic rings. The van der Waals surface area contributed by atoms with E-state index in [0.717, 1.165) is 44.6 Å². The molecule has 2 amide bonds. The van der Waals surface area contributed by atoms with Crippen LogP contribution < -0.4 is 31.5 Å². The number of hydrogen-bond donors (Lipinski definition) is 7. The van der Waals surface area contributed by atoms with Crippen LogP contribution in [0.1, 0.15) is 67.7 Å².